The van der Waals surface area contributed by atoms with Crippen LogP contribution in [-0.4, -0.2) is 23.7 Å². The number of hydrogen-bond acceptors (Lipinski definition) is 3. The van der Waals surface area contributed by atoms with Crippen molar-refractivity contribution in [2.24, 2.45) is 0 Å². The van der Waals surface area contributed by atoms with E-state index in [0.717, 1.165) is 19.3 Å². The number of fused-ring (bicyclic) bond motifs is 2. The molecule has 0 fully saturated rings. The molecular weight excluding hydrogens is 261 g/mol. The fourth-order valence-electron chi connectivity index (χ4n) is 1.51. The van der Waals surface area contributed by atoms with Crippen LogP contribution in [0.4, 0.5) is 0 Å². The Hall–Kier alpha value is -0.0700. The molecule has 2 rings (SSSR count). The van der Waals surface area contributed by atoms with Gasteiger partial charge in [-0.15, -0.1) is 0 Å². The third-order valence-corrected chi connectivity index (χ3v) is 3.21. The van der Waals surface area contributed by atoms with Gasteiger partial charge in [0, 0.05) is 16.8 Å². The largest absolute Gasteiger partial charge is 1.00 e. The Morgan fingerprint density at radius 2 is 1.56 bits per heavy atom. The minimum absolute atomic E-state index is 0. The topological polar surface area (TPSA) is 73.0 Å². The van der Waals surface area contributed by atoms with Gasteiger partial charge in [-0.1, -0.05) is 26.2 Å². The molecule has 4 nitrogen and oxygen atoms in total. The Bertz CT molecular complexity index is 464. The molecule has 2 bridgehead atoms. The zero-order chi connectivity index (χ0) is 12.7. The van der Waals surface area contributed by atoms with E-state index in [-0.39, 0.29) is 35.3 Å². The van der Waals surface area contributed by atoms with E-state index in [2.05, 4.69) is 29.2 Å². The van der Waals surface area contributed by atoms with Crippen LogP contribution in [0.15, 0.2) is 24.3 Å². The number of benzene rings is 1. The molecule has 0 saturated heterocycles. The first-order valence-corrected chi connectivity index (χ1v) is 7.39. The van der Waals surface area contributed by atoms with E-state index in [1.807, 2.05) is 6.92 Å². The molecular formula is C12H18NNaO3S. The smallest absolute Gasteiger partial charge is 0.748 e. The van der Waals surface area contributed by atoms with Crippen molar-refractivity contribution in [2.75, 3.05) is 5.75 Å². The van der Waals surface area contributed by atoms with E-state index in [1.54, 1.807) is 0 Å². The van der Waals surface area contributed by atoms with Crippen molar-refractivity contribution in [1.29, 1.82) is 0 Å². The predicted octanol–water partition coefficient (Wildman–Crippen LogP) is -0.278. The number of hydrogen-bond donors (Lipinski definition) is 1. The van der Waals surface area contributed by atoms with Gasteiger partial charge in [-0.3, -0.25) is 0 Å². The number of nitrogens with one attached hydrogen (secondary N) is 1. The van der Waals surface area contributed by atoms with Crippen LogP contribution in [0.1, 0.15) is 32.6 Å². The first-order chi connectivity index (χ1) is 8.01. The maximum Gasteiger partial charge on any atom is 1.00 e. The Balaban J connectivity index is 0.000000315. The summed E-state index contributed by atoms with van der Waals surface area (Å²) < 4.78 is 30.1. The zero-order valence-corrected chi connectivity index (χ0v) is 13.8. The van der Waals surface area contributed by atoms with Gasteiger partial charge in [0.15, 0.2) is 0 Å². The molecule has 1 N–H and O–H groups in total. The van der Waals surface area contributed by atoms with Gasteiger partial charge in [-0.05, 0) is 30.7 Å². The summed E-state index contributed by atoms with van der Waals surface area (Å²) in [6.07, 6.45) is 3.42. The van der Waals surface area contributed by atoms with E-state index < -0.39 is 10.1 Å². The van der Waals surface area contributed by atoms with Gasteiger partial charge in [-0.25, -0.2) is 8.42 Å². The maximum atomic E-state index is 10.0. The van der Waals surface area contributed by atoms with Crippen molar-refractivity contribution < 1.29 is 42.5 Å². The summed E-state index contributed by atoms with van der Waals surface area (Å²) >= 11 is 0. The van der Waals surface area contributed by atoms with Crippen LogP contribution in [-0.2, 0) is 10.1 Å². The molecule has 6 heteroatoms. The van der Waals surface area contributed by atoms with Gasteiger partial charge in [-0.2, -0.15) is 0 Å². The molecule has 2 heterocycles. The number of rotatable bonds is 5. The Labute approximate surface area is 131 Å². The maximum absolute atomic E-state index is 10.0. The minimum atomic E-state index is -3.95. The van der Waals surface area contributed by atoms with Crippen LogP contribution in [0.25, 0.3) is 11.0 Å². The number of unbranched alkanes of at least 4 members (excludes halogenated alkanes) is 3. The van der Waals surface area contributed by atoms with Gasteiger partial charge in [0.25, 0.3) is 0 Å². The summed E-state index contributed by atoms with van der Waals surface area (Å²) in [5.41, 5.74) is 2.44. The van der Waals surface area contributed by atoms with E-state index in [1.165, 1.54) is 11.0 Å². The monoisotopic (exact) mass is 279 g/mol. The zero-order valence-electron chi connectivity index (χ0n) is 11.0. The van der Waals surface area contributed by atoms with E-state index >= 15 is 0 Å². The summed E-state index contributed by atoms with van der Waals surface area (Å²) in [4.78, 5) is 3.14. The molecule has 0 aliphatic carbocycles. The van der Waals surface area contributed by atoms with Crippen LogP contribution in [0.2, 0.25) is 0 Å². The quantitative estimate of drug-likeness (QED) is 0.465. The van der Waals surface area contributed by atoms with Gasteiger partial charge in [0.05, 0.1) is 10.1 Å². The molecule has 2 aromatic rings. The fraction of sp³-hybridized carbons (Fsp3) is 0.500. The molecule has 0 spiro atoms. The third-order valence-electron chi connectivity index (χ3n) is 2.42. The van der Waals surface area contributed by atoms with Gasteiger partial charge >= 0.3 is 29.6 Å². The van der Waals surface area contributed by atoms with Crippen molar-refractivity contribution in [3.8, 4) is 0 Å². The second kappa shape index (κ2) is 8.93. The molecule has 18 heavy (non-hydrogen) atoms. The Kier molecular flexibility index (Phi) is 8.90. The first-order valence-electron chi connectivity index (χ1n) is 5.82. The molecule has 0 radical (unpaired) electrons. The molecule has 0 atom stereocenters. The number of H-pyrrole nitrogens is 1. The van der Waals surface area contributed by atoms with Crippen molar-refractivity contribution in [2.45, 2.75) is 32.6 Å². The van der Waals surface area contributed by atoms with E-state index in [9.17, 15) is 13.0 Å². The number of aromatic amines is 1. The molecule has 0 saturated carbocycles. The summed E-state index contributed by atoms with van der Waals surface area (Å²) in [5.74, 6) is -0.201. The SMILES string of the molecule is CCCCCCS(=O)(=O)[O-].[Na+].c1cc2ccc1[nH]2. The van der Waals surface area contributed by atoms with Crippen LogP contribution in [0.5, 0.6) is 0 Å². The van der Waals surface area contributed by atoms with E-state index in [4.69, 9.17) is 0 Å². The fourth-order valence-corrected chi connectivity index (χ4v) is 2.07. The summed E-state index contributed by atoms with van der Waals surface area (Å²) in [7, 11) is -3.95. The van der Waals surface area contributed by atoms with Crippen LogP contribution in [0.3, 0.4) is 0 Å². The normalized spacial score (nSPS) is 10.8. The second-order valence-electron chi connectivity index (χ2n) is 4.02. The van der Waals surface area contributed by atoms with Gasteiger partial charge < -0.3 is 9.54 Å². The summed E-state index contributed by atoms with van der Waals surface area (Å²) in [6.45, 7) is 2.03. The number of aromatic nitrogens is 1. The van der Waals surface area contributed by atoms with Crippen LogP contribution < -0.4 is 29.6 Å². The first kappa shape index (κ1) is 17.9. The second-order valence-corrected chi connectivity index (χ2v) is 5.55. The van der Waals surface area contributed by atoms with Crippen molar-refractivity contribution in [3.05, 3.63) is 24.3 Å². The standard InChI is InChI=1S/C6H5N.C6H14O3S.Na/c1-2-6-4-3-5(1)7-6;1-2-3-4-5-6-10(7,8)9;/h1-4,7H;2-6H2,1H3,(H,7,8,9);/q;;+1/p-1. The summed E-state index contributed by atoms with van der Waals surface area (Å²) in [6, 6.07) is 8.26. The van der Waals surface area contributed by atoms with Gasteiger partial charge in [0.1, 0.15) is 0 Å². The third kappa shape index (κ3) is 8.11. The Morgan fingerprint density at radius 3 is 1.83 bits per heavy atom. The molecule has 0 aliphatic rings. The molecule has 2 aromatic heterocycles. The molecule has 0 unspecified atom stereocenters. The van der Waals surface area contributed by atoms with Gasteiger partial charge in [0.2, 0.25) is 0 Å². The average Bonchev–Trinajstić information content (AvgIpc) is 2.88. The van der Waals surface area contributed by atoms with E-state index in [0.29, 0.717) is 6.42 Å². The average molecular weight is 279 g/mol. The predicted molar refractivity (Wildman–Crippen MR) is 68.2 cm³/mol. The Morgan fingerprint density at radius 1 is 1.06 bits per heavy atom. The van der Waals surface area contributed by atoms with Crippen molar-refractivity contribution >= 4 is 21.2 Å². The molecule has 0 amide bonds. The summed E-state index contributed by atoms with van der Waals surface area (Å²) in [5, 5.41) is 0. The molecule has 0 aromatic carbocycles. The van der Waals surface area contributed by atoms with Crippen molar-refractivity contribution in [3.63, 3.8) is 0 Å². The van der Waals surface area contributed by atoms with Crippen LogP contribution >= 0.6 is 0 Å². The minimum Gasteiger partial charge on any atom is -0.748 e. The molecule has 96 valence electrons. The van der Waals surface area contributed by atoms with Crippen LogP contribution in [0, 0.1) is 0 Å². The molecule has 0 aliphatic heterocycles. The van der Waals surface area contributed by atoms with Crippen molar-refractivity contribution in [1.82, 2.24) is 4.98 Å².